The van der Waals surface area contributed by atoms with Crippen LogP contribution in [0.25, 0.3) is 12.2 Å². The molecule has 24 nitrogen and oxygen atoms in total. The monoisotopic (exact) mass is 933 g/mol. The number of carbonyl (C=O) groups is 4. The molecule has 0 radical (unpaired) electrons. The van der Waals surface area contributed by atoms with Crippen LogP contribution >= 0.6 is 0 Å². The molecule has 2 aromatic heterocycles. The van der Waals surface area contributed by atoms with Gasteiger partial charge in [-0.05, 0) is 25.0 Å². The van der Waals surface area contributed by atoms with E-state index in [9.17, 15) is 48.6 Å². The standard InChI is InChI=1S/C23H36N6O7.C19H32N6O5/c1-4-19-18(32)13-21(36-19)29-14-17(22(34)27-23(29)35)5-6-20(33)26-9-12-28(10-7-24-15(2)30)11-8-25-16(3)31;1-2-15-14(26)11-17(30-15)25-12-13(18(28)23-19(25)29)3-4-16(27)22-7-10-24(8-5-20)9-6-21/h5-6,14,18-19,21,32H,4,7-13H2,1-3H3,(H,24,30)(H,25,31)(H,26,33)(H,27,34,35);3-4,12,14-15,17,26H,2,5-11,20-21H2,1H3,(H,22,27)(H,23,28,29)/b6-5+;4-3+/t18-,19-,21-;14-,15-,17-/m11/s1. The molecule has 0 bridgehead atoms. The Hall–Kier alpha value is -5.60. The summed E-state index contributed by atoms with van der Waals surface area (Å²) in [6.07, 6.45) is 5.84. The predicted octanol–water partition coefficient (Wildman–Crippen LogP) is -3.76. The number of amides is 4. The summed E-state index contributed by atoms with van der Waals surface area (Å²) in [6, 6.07) is 0. The molecule has 0 spiro atoms. The van der Waals surface area contributed by atoms with Gasteiger partial charge < -0.3 is 52.4 Å². The van der Waals surface area contributed by atoms with Crippen LogP contribution in [0, 0.1) is 0 Å². The summed E-state index contributed by atoms with van der Waals surface area (Å²) >= 11 is 0. The van der Waals surface area contributed by atoms with E-state index in [1.807, 2.05) is 23.6 Å². The third kappa shape index (κ3) is 18.4. The number of rotatable bonds is 24. The average molecular weight is 933 g/mol. The van der Waals surface area contributed by atoms with Crippen LogP contribution in [-0.2, 0) is 28.7 Å². The second-order valence-corrected chi connectivity index (χ2v) is 15.7. The number of nitrogens with two attached hydrogens (primary N) is 2. The molecule has 12 N–H and O–H groups in total. The second-order valence-electron chi connectivity index (χ2n) is 15.7. The van der Waals surface area contributed by atoms with Crippen molar-refractivity contribution in [1.82, 2.24) is 50.2 Å². The number of aliphatic hydroxyl groups excluding tert-OH is 2. The first kappa shape index (κ1) is 54.7. The number of aliphatic hydroxyl groups is 2. The number of carbonyl (C=O) groups excluding carboxylic acids is 4. The fraction of sp³-hybridized carbons (Fsp3) is 0.619. The second kappa shape index (κ2) is 28.4. The first-order valence-electron chi connectivity index (χ1n) is 22.1. The Morgan fingerprint density at radius 1 is 0.652 bits per heavy atom. The maximum Gasteiger partial charge on any atom is 0.330 e. The van der Waals surface area contributed by atoms with Gasteiger partial charge in [0.1, 0.15) is 12.5 Å². The topological polar surface area (TPSA) is 344 Å². The molecule has 2 aliphatic heterocycles. The predicted molar refractivity (Wildman–Crippen MR) is 245 cm³/mol. The Labute approximate surface area is 381 Å². The van der Waals surface area contributed by atoms with E-state index in [-0.39, 0.29) is 47.8 Å². The number of nitrogens with zero attached hydrogens (tertiary/aromatic N) is 4. The van der Waals surface area contributed by atoms with Crippen molar-refractivity contribution in [3.63, 3.8) is 0 Å². The molecule has 0 aromatic carbocycles. The molecule has 0 saturated carbocycles. The number of hydrogen-bond acceptors (Lipinski definition) is 16. The highest BCUT2D eigenvalue weighted by molar-refractivity contribution is 5.92. The van der Waals surface area contributed by atoms with E-state index in [0.717, 1.165) is 0 Å². The SMILES string of the molecule is CC[C@H]1O[C@@H](n2cc(/C=C/C(=O)NCCN(CCN)CCN)c(=O)[nH]c2=O)C[C@H]1O.CC[C@H]1O[C@@H](n2cc(/C=C/C(=O)NCCN(CCNC(C)=O)CCNC(C)=O)c(=O)[nH]c2=O)C[C@H]1O. The Kier molecular flexibility index (Phi) is 23.6. The van der Waals surface area contributed by atoms with Crippen molar-refractivity contribution >= 4 is 35.8 Å². The minimum absolute atomic E-state index is 0.0926. The lowest BCUT2D eigenvalue weighted by Crippen LogP contribution is -2.42. The molecule has 66 heavy (non-hydrogen) atoms. The maximum absolute atomic E-state index is 12.3. The lowest BCUT2D eigenvalue weighted by atomic mass is 10.1. The van der Waals surface area contributed by atoms with Gasteiger partial charge in [0.05, 0.1) is 35.5 Å². The number of aromatic nitrogens is 4. The molecule has 6 atom stereocenters. The van der Waals surface area contributed by atoms with Crippen LogP contribution in [0.15, 0.2) is 43.7 Å². The lowest BCUT2D eigenvalue weighted by molar-refractivity contribution is -0.119. The van der Waals surface area contributed by atoms with Gasteiger partial charge in [-0.25, -0.2) is 9.59 Å². The first-order valence-corrected chi connectivity index (χ1v) is 22.1. The normalized spacial score (nSPS) is 20.5. The molecule has 24 heteroatoms. The highest BCUT2D eigenvalue weighted by Crippen LogP contribution is 2.30. The van der Waals surface area contributed by atoms with Crippen LogP contribution in [0.3, 0.4) is 0 Å². The van der Waals surface area contributed by atoms with Gasteiger partial charge in [0, 0.05) is 130 Å². The van der Waals surface area contributed by atoms with Crippen molar-refractivity contribution in [3.8, 4) is 0 Å². The van der Waals surface area contributed by atoms with Crippen LogP contribution in [-0.4, -0.2) is 166 Å². The third-order valence-electron chi connectivity index (χ3n) is 10.6. The molecule has 2 aromatic rings. The quantitative estimate of drug-likeness (QED) is 0.0452. The van der Waals surface area contributed by atoms with Gasteiger partial charge >= 0.3 is 11.4 Å². The fourth-order valence-electron chi connectivity index (χ4n) is 7.11. The van der Waals surface area contributed by atoms with Gasteiger partial charge in [0.15, 0.2) is 0 Å². The van der Waals surface area contributed by atoms with E-state index in [2.05, 4.69) is 31.2 Å². The molecule has 2 fully saturated rings. The van der Waals surface area contributed by atoms with Crippen LogP contribution in [0.1, 0.15) is 77.0 Å². The Morgan fingerprint density at radius 2 is 1.00 bits per heavy atom. The van der Waals surface area contributed by atoms with E-state index >= 15 is 0 Å². The molecule has 4 amide bonds. The summed E-state index contributed by atoms with van der Waals surface area (Å²) in [5.41, 5.74) is 8.78. The van der Waals surface area contributed by atoms with Gasteiger partial charge in [-0.1, -0.05) is 13.8 Å². The van der Waals surface area contributed by atoms with Crippen molar-refractivity contribution in [2.24, 2.45) is 11.5 Å². The first-order chi connectivity index (χ1) is 31.5. The molecule has 4 heterocycles. The van der Waals surface area contributed by atoms with Crippen molar-refractivity contribution in [2.45, 2.75) is 90.2 Å². The van der Waals surface area contributed by atoms with Gasteiger partial charge in [-0.15, -0.1) is 0 Å². The van der Waals surface area contributed by atoms with E-state index in [0.29, 0.717) is 91.4 Å². The van der Waals surface area contributed by atoms with Crippen LogP contribution in [0.4, 0.5) is 0 Å². The number of hydrogen-bond donors (Lipinski definition) is 10. The maximum atomic E-state index is 12.3. The average Bonchev–Trinajstić information content (AvgIpc) is 3.83. The van der Waals surface area contributed by atoms with E-state index in [1.165, 1.54) is 59.7 Å². The smallest absolute Gasteiger partial charge is 0.330 e. The van der Waals surface area contributed by atoms with Gasteiger partial charge in [-0.2, -0.15) is 0 Å². The Morgan fingerprint density at radius 3 is 1.32 bits per heavy atom. The molecule has 4 rings (SSSR count). The summed E-state index contributed by atoms with van der Waals surface area (Å²) in [5, 5.41) is 30.9. The zero-order chi connectivity index (χ0) is 48.8. The van der Waals surface area contributed by atoms with Gasteiger partial charge in [0.2, 0.25) is 23.6 Å². The number of H-pyrrole nitrogens is 2. The number of nitrogens with one attached hydrogen (secondary N) is 6. The van der Waals surface area contributed by atoms with Crippen LogP contribution in [0.2, 0.25) is 0 Å². The van der Waals surface area contributed by atoms with E-state index in [1.54, 1.807) is 0 Å². The number of aromatic amines is 2. The summed E-state index contributed by atoms with van der Waals surface area (Å²) < 4.78 is 13.8. The fourth-order valence-corrected chi connectivity index (χ4v) is 7.11. The molecule has 2 aliphatic rings. The summed E-state index contributed by atoms with van der Waals surface area (Å²) in [4.78, 5) is 104. The summed E-state index contributed by atoms with van der Waals surface area (Å²) in [5.74, 6) is -1.09. The minimum Gasteiger partial charge on any atom is -0.390 e. The molecular weight excluding hydrogens is 865 g/mol. The minimum atomic E-state index is -0.712. The van der Waals surface area contributed by atoms with Crippen molar-refractivity contribution < 1.29 is 38.9 Å². The molecule has 368 valence electrons. The van der Waals surface area contributed by atoms with Crippen molar-refractivity contribution in [1.29, 1.82) is 0 Å². The van der Waals surface area contributed by atoms with Crippen molar-refractivity contribution in [3.05, 3.63) is 77.3 Å². The van der Waals surface area contributed by atoms with E-state index < -0.39 is 59.2 Å². The highest BCUT2D eigenvalue weighted by Gasteiger charge is 2.35. The zero-order valence-corrected chi connectivity index (χ0v) is 38.2. The van der Waals surface area contributed by atoms with Crippen LogP contribution < -0.4 is 55.2 Å². The molecular formula is C42H68N12O12. The summed E-state index contributed by atoms with van der Waals surface area (Å²) in [7, 11) is 0. The zero-order valence-electron chi connectivity index (χ0n) is 38.2. The largest absolute Gasteiger partial charge is 0.390 e. The van der Waals surface area contributed by atoms with Gasteiger partial charge in [-0.3, -0.25) is 57.7 Å². The molecule has 2 saturated heterocycles. The summed E-state index contributed by atoms with van der Waals surface area (Å²) in [6.45, 7) is 12.7. The van der Waals surface area contributed by atoms with E-state index in [4.69, 9.17) is 20.9 Å². The highest BCUT2D eigenvalue weighted by atomic mass is 16.5. The molecule has 0 unspecified atom stereocenters. The number of ether oxygens (including phenoxy) is 2. The lowest BCUT2D eigenvalue weighted by Gasteiger charge is -2.22. The van der Waals surface area contributed by atoms with Gasteiger partial charge in [0.25, 0.3) is 11.1 Å². The Bertz CT molecular complexity index is 2160. The molecule has 0 aliphatic carbocycles. The van der Waals surface area contributed by atoms with Crippen molar-refractivity contribution in [2.75, 3.05) is 78.5 Å². The third-order valence-corrected chi connectivity index (χ3v) is 10.6. The Balaban J connectivity index is 0.000000356. The van der Waals surface area contributed by atoms with Crippen LogP contribution in [0.5, 0.6) is 0 Å².